The van der Waals surface area contributed by atoms with Gasteiger partial charge in [-0.2, -0.15) is 0 Å². The Morgan fingerprint density at radius 3 is 2.55 bits per heavy atom. The highest BCUT2D eigenvalue weighted by Crippen LogP contribution is 2.44. The summed E-state index contributed by atoms with van der Waals surface area (Å²) < 4.78 is 16.0. The molecule has 0 radical (unpaired) electrons. The van der Waals surface area contributed by atoms with Crippen molar-refractivity contribution in [1.29, 1.82) is 0 Å². The Balaban J connectivity index is 2.50. The number of aliphatic hydroxyl groups excluding tert-OH is 1. The van der Waals surface area contributed by atoms with Gasteiger partial charge in [-0.25, -0.2) is 0 Å². The summed E-state index contributed by atoms with van der Waals surface area (Å²) in [6, 6.07) is 4.97. The lowest BCUT2D eigenvalue weighted by atomic mass is 9.90. The molecule has 0 aromatic heterocycles. The molecule has 1 amide bonds. The van der Waals surface area contributed by atoms with Crippen LogP contribution in [-0.2, 0) is 19.9 Å². The third-order valence-electron chi connectivity index (χ3n) is 3.38. The number of amides is 1. The highest BCUT2D eigenvalue weighted by molar-refractivity contribution is 6.03. The summed E-state index contributed by atoms with van der Waals surface area (Å²) >= 11 is 0. The standard InChI is InChI=1S/C15H17NO6/c1-8(17)16-14-11(18)13(19)15(2,22-14)9-6-5-7-10(20-3)12(9)21-4/h5-7,18H,1-4H3,(H,16,17). The second kappa shape index (κ2) is 5.59. The lowest BCUT2D eigenvalue weighted by Crippen LogP contribution is -2.32. The van der Waals surface area contributed by atoms with E-state index in [1.54, 1.807) is 18.2 Å². The summed E-state index contributed by atoms with van der Waals surface area (Å²) in [5, 5.41) is 12.2. The molecule has 7 heteroatoms. The molecule has 1 aromatic rings. The minimum absolute atomic E-state index is 0.273. The molecule has 1 atom stereocenters. The second-order valence-electron chi connectivity index (χ2n) is 4.86. The van der Waals surface area contributed by atoms with Gasteiger partial charge in [0, 0.05) is 12.5 Å². The molecule has 118 valence electrons. The first-order chi connectivity index (χ1) is 10.3. The van der Waals surface area contributed by atoms with E-state index in [1.807, 2.05) is 0 Å². The molecule has 1 aliphatic heterocycles. The number of Topliss-reactive ketones (excluding diaryl/α,β-unsaturated/α-hetero) is 1. The van der Waals surface area contributed by atoms with Crippen molar-refractivity contribution >= 4 is 11.7 Å². The zero-order valence-corrected chi connectivity index (χ0v) is 12.7. The van der Waals surface area contributed by atoms with Crippen LogP contribution in [0.2, 0.25) is 0 Å². The van der Waals surface area contributed by atoms with Crippen molar-refractivity contribution in [2.24, 2.45) is 0 Å². The average molecular weight is 307 g/mol. The van der Waals surface area contributed by atoms with E-state index < -0.39 is 23.1 Å². The van der Waals surface area contributed by atoms with E-state index in [4.69, 9.17) is 14.2 Å². The van der Waals surface area contributed by atoms with Gasteiger partial charge in [0.05, 0.1) is 14.2 Å². The molecule has 0 aliphatic carbocycles. The van der Waals surface area contributed by atoms with E-state index in [2.05, 4.69) is 5.32 Å². The van der Waals surface area contributed by atoms with Crippen LogP contribution < -0.4 is 14.8 Å². The number of ether oxygens (including phenoxy) is 3. The Bertz CT molecular complexity index is 666. The van der Waals surface area contributed by atoms with Crippen molar-refractivity contribution in [1.82, 2.24) is 5.32 Å². The summed E-state index contributed by atoms with van der Waals surface area (Å²) in [5.74, 6) is -1.31. The number of hydrogen-bond acceptors (Lipinski definition) is 6. The van der Waals surface area contributed by atoms with Crippen molar-refractivity contribution in [3.8, 4) is 11.5 Å². The summed E-state index contributed by atoms with van der Waals surface area (Å²) in [6.45, 7) is 2.73. The first kappa shape index (κ1) is 15.7. The number of carbonyl (C=O) groups is 2. The van der Waals surface area contributed by atoms with Gasteiger partial charge in [-0.1, -0.05) is 12.1 Å². The van der Waals surface area contributed by atoms with E-state index in [0.29, 0.717) is 17.1 Å². The Kier molecular flexibility index (Phi) is 3.99. The van der Waals surface area contributed by atoms with E-state index >= 15 is 0 Å². The number of hydrogen-bond donors (Lipinski definition) is 2. The second-order valence-corrected chi connectivity index (χ2v) is 4.86. The Morgan fingerprint density at radius 1 is 1.32 bits per heavy atom. The highest BCUT2D eigenvalue weighted by Gasteiger charge is 2.50. The van der Waals surface area contributed by atoms with E-state index in [0.717, 1.165) is 0 Å². The first-order valence-electron chi connectivity index (χ1n) is 6.51. The quantitative estimate of drug-likeness (QED) is 0.873. The average Bonchev–Trinajstić information content (AvgIpc) is 2.70. The minimum Gasteiger partial charge on any atom is -0.501 e. The van der Waals surface area contributed by atoms with Gasteiger partial charge in [0.2, 0.25) is 23.2 Å². The SMILES string of the molecule is COc1cccc(C2(C)OC(NC(C)=O)=C(O)C2=O)c1OC. The molecule has 0 saturated heterocycles. The third kappa shape index (κ3) is 2.34. The number of benzene rings is 1. The lowest BCUT2D eigenvalue weighted by molar-refractivity contribution is -0.132. The number of methoxy groups -OCH3 is 2. The maximum atomic E-state index is 12.4. The predicted octanol–water partition coefficient (Wildman–Crippen LogP) is 1.38. The van der Waals surface area contributed by atoms with Gasteiger partial charge in [-0.3, -0.25) is 14.9 Å². The Labute approximate surface area is 127 Å². The van der Waals surface area contributed by atoms with Crippen LogP contribution in [0.5, 0.6) is 11.5 Å². The fourth-order valence-electron chi connectivity index (χ4n) is 2.31. The number of rotatable bonds is 4. The Hall–Kier alpha value is -2.70. The van der Waals surface area contributed by atoms with Crippen LogP contribution in [-0.4, -0.2) is 31.0 Å². The molecule has 7 nitrogen and oxygen atoms in total. The number of aliphatic hydroxyl groups is 1. The topological polar surface area (TPSA) is 94.1 Å². The summed E-state index contributed by atoms with van der Waals surface area (Å²) in [6.07, 6.45) is 0. The molecule has 1 aliphatic rings. The van der Waals surface area contributed by atoms with Gasteiger partial charge < -0.3 is 19.3 Å². The molecule has 0 saturated carbocycles. The van der Waals surface area contributed by atoms with E-state index in [-0.39, 0.29) is 5.88 Å². The maximum absolute atomic E-state index is 12.4. The van der Waals surface area contributed by atoms with Crippen LogP contribution in [0.1, 0.15) is 19.4 Å². The summed E-state index contributed by atoms with van der Waals surface area (Å²) in [7, 11) is 2.91. The normalized spacial score (nSPS) is 20.6. The molecule has 1 heterocycles. The summed E-state index contributed by atoms with van der Waals surface area (Å²) in [5.41, 5.74) is -1.15. The molecule has 0 fully saturated rings. The molecule has 22 heavy (non-hydrogen) atoms. The zero-order valence-electron chi connectivity index (χ0n) is 12.7. The van der Waals surface area contributed by atoms with Gasteiger partial charge >= 0.3 is 0 Å². The fraction of sp³-hybridized carbons (Fsp3) is 0.333. The van der Waals surface area contributed by atoms with Crippen LogP contribution in [0.25, 0.3) is 0 Å². The van der Waals surface area contributed by atoms with E-state index in [1.165, 1.54) is 28.1 Å². The van der Waals surface area contributed by atoms with Crippen LogP contribution in [0.4, 0.5) is 0 Å². The van der Waals surface area contributed by atoms with E-state index in [9.17, 15) is 14.7 Å². The molecule has 1 unspecified atom stereocenters. The molecular formula is C15H17NO6. The molecule has 0 bridgehead atoms. The molecule has 2 N–H and O–H groups in total. The van der Waals surface area contributed by atoms with Gasteiger partial charge in [-0.05, 0) is 13.0 Å². The van der Waals surface area contributed by atoms with Crippen LogP contribution >= 0.6 is 0 Å². The van der Waals surface area contributed by atoms with Crippen molar-refractivity contribution < 1.29 is 28.9 Å². The number of nitrogens with one attached hydrogen (secondary N) is 1. The third-order valence-corrected chi connectivity index (χ3v) is 3.38. The molecule has 2 rings (SSSR count). The summed E-state index contributed by atoms with van der Waals surface area (Å²) in [4.78, 5) is 23.5. The molecular weight excluding hydrogens is 290 g/mol. The van der Waals surface area contributed by atoms with Crippen LogP contribution in [0, 0.1) is 0 Å². The maximum Gasteiger partial charge on any atom is 0.250 e. The fourth-order valence-corrected chi connectivity index (χ4v) is 2.31. The van der Waals surface area contributed by atoms with Crippen LogP contribution in [0.3, 0.4) is 0 Å². The largest absolute Gasteiger partial charge is 0.501 e. The number of ketones is 1. The van der Waals surface area contributed by atoms with Gasteiger partial charge in [0.1, 0.15) is 0 Å². The lowest BCUT2D eigenvalue weighted by Gasteiger charge is -2.26. The van der Waals surface area contributed by atoms with Gasteiger partial charge in [-0.15, -0.1) is 0 Å². The van der Waals surface area contributed by atoms with Gasteiger partial charge in [0.25, 0.3) is 5.78 Å². The molecule has 1 aromatic carbocycles. The Morgan fingerprint density at radius 2 is 2.00 bits per heavy atom. The first-order valence-corrected chi connectivity index (χ1v) is 6.51. The van der Waals surface area contributed by atoms with Crippen molar-refractivity contribution in [2.45, 2.75) is 19.4 Å². The monoisotopic (exact) mass is 307 g/mol. The number of carbonyl (C=O) groups excluding carboxylic acids is 2. The number of para-hydroxylation sites is 1. The van der Waals surface area contributed by atoms with Crippen molar-refractivity contribution in [3.63, 3.8) is 0 Å². The van der Waals surface area contributed by atoms with Crippen molar-refractivity contribution in [3.05, 3.63) is 35.4 Å². The minimum atomic E-state index is -1.53. The highest BCUT2D eigenvalue weighted by atomic mass is 16.5. The predicted molar refractivity (Wildman–Crippen MR) is 76.5 cm³/mol. The van der Waals surface area contributed by atoms with Gasteiger partial charge in [0.15, 0.2) is 11.5 Å². The van der Waals surface area contributed by atoms with Crippen molar-refractivity contribution in [2.75, 3.05) is 14.2 Å². The smallest absolute Gasteiger partial charge is 0.250 e. The van der Waals surface area contributed by atoms with Crippen LogP contribution in [0.15, 0.2) is 29.8 Å². The molecule has 0 spiro atoms. The zero-order chi connectivity index (χ0) is 16.5.